The van der Waals surface area contributed by atoms with Crippen LogP contribution in [0, 0.1) is 5.82 Å². The highest BCUT2D eigenvalue weighted by Gasteiger charge is 2.20. The molecule has 1 saturated heterocycles. The lowest BCUT2D eigenvalue weighted by Crippen LogP contribution is -2.38. The van der Waals surface area contributed by atoms with Crippen molar-refractivity contribution < 1.29 is 12.8 Å². The summed E-state index contributed by atoms with van der Waals surface area (Å²) < 4.78 is 42.5. The SMILES string of the molecule is O=S(=O)(Nc1ccc(-c2ccc3nc(N[C@H]4CCCNC4)ncc3c2)c(Cl)c1F)c1ccccc1. The molecule has 0 aliphatic carbocycles. The molecule has 0 amide bonds. The largest absolute Gasteiger partial charge is 0.350 e. The quantitative estimate of drug-likeness (QED) is 0.335. The molecule has 3 N–H and O–H groups in total. The van der Waals surface area contributed by atoms with E-state index in [1.165, 1.54) is 18.2 Å². The van der Waals surface area contributed by atoms with Gasteiger partial charge in [-0.1, -0.05) is 41.9 Å². The zero-order chi connectivity index (χ0) is 24.4. The number of aromatic nitrogens is 2. The van der Waals surface area contributed by atoms with Crippen LogP contribution in [0.5, 0.6) is 0 Å². The van der Waals surface area contributed by atoms with Crippen molar-refractivity contribution in [2.75, 3.05) is 23.1 Å². The van der Waals surface area contributed by atoms with Gasteiger partial charge in [-0.05, 0) is 55.3 Å². The first-order chi connectivity index (χ1) is 16.9. The van der Waals surface area contributed by atoms with Crippen molar-refractivity contribution in [1.82, 2.24) is 15.3 Å². The molecule has 1 aliphatic rings. The number of sulfonamides is 1. The average molecular weight is 512 g/mol. The van der Waals surface area contributed by atoms with Crippen LogP contribution >= 0.6 is 11.6 Å². The monoisotopic (exact) mass is 511 g/mol. The third-order valence-electron chi connectivity index (χ3n) is 5.90. The minimum absolute atomic E-state index is 0.0303. The fraction of sp³-hybridized carbons (Fsp3) is 0.200. The number of nitrogens with zero attached hydrogens (tertiary/aromatic N) is 2. The third-order valence-corrected chi connectivity index (χ3v) is 7.65. The Morgan fingerprint density at radius 2 is 1.91 bits per heavy atom. The minimum Gasteiger partial charge on any atom is -0.350 e. The molecule has 1 fully saturated rings. The molecule has 0 bridgehead atoms. The maximum Gasteiger partial charge on any atom is 0.261 e. The summed E-state index contributed by atoms with van der Waals surface area (Å²) in [6.45, 7) is 1.91. The van der Waals surface area contributed by atoms with Crippen LogP contribution in [-0.4, -0.2) is 37.5 Å². The van der Waals surface area contributed by atoms with Crippen molar-refractivity contribution in [2.24, 2.45) is 0 Å². The molecule has 1 atom stereocenters. The molecule has 1 aliphatic heterocycles. The van der Waals surface area contributed by atoms with Gasteiger partial charge in [-0.15, -0.1) is 0 Å². The number of anilines is 2. The van der Waals surface area contributed by atoms with Gasteiger partial charge in [-0.25, -0.2) is 22.8 Å². The van der Waals surface area contributed by atoms with Gasteiger partial charge in [0.1, 0.15) is 0 Å². The zero-order valence-electron chi connectivity index (χ0n) is 18.6. The Labute approximate surface area is 207 Å². The van der Waals surface area contributed by atoms with Crippen molar-refractivity contribution in [1.29, 1.82) is 0 Å². The summed E-state index contributed by atoms with van der Waals surface area (Å²) in [5.41, 5.74) is 1.63. The maximum absolute atomic E-state index is 15.1. The molecule has 0 saturated carbocycles. The van der Waals surface area contributed by atoms with Gasteiger partial charge in [0.05, 0.1) is 21.1 Å². The predicted octanol–water partition coefficient (Wildman–Crippen LogP) is 5.05. The Morgan fingerprint density at radius 1 is 1.09 bits per heavy atom. The summed E-state index contributed by atoms with van der Waals surface area (Å²) in [5, 5.41) is 7.31. The highest BCUT2D eigenvalue weighted by molar-refractivity contribution is 7.92. The van der Waals surface area contributed by atoms with E-state index >= 15 is 4.39 Å². The van der Waals surface area contributed by atoms with E-state index in [-0.39, 0.29) is 15.6 Å². The van der Waals surface area contributed by atoms with E-state index in [4.69, 9.17) is 11.6 Å². The van der Waals surface area contributed by atoms with Crippen LogP contribution in [0.15, 0.2) is 71.8 Å². The van der Waals surface area contributed by atoms with Gasteiger partial charge in [-0.2, -0.15) is 0 Å². The van der Waals surface area contributed by atoms with Crippen molar-refractivity contribution in [3.8, 4) is 11.1 Å². The smallest absolute Gasteiger partial charge is 0.261 e. The lowest BCUT2D eigenvalue weighted by Gasteiger charge is -2.23. The summed E-state index contributed by atoms with van der Waals surface area (Å²) in [5.74, 6) is -0.279. The lowest BCUT2D eigenvalue weighted by atomic mass is 10.0. The number of nitrogens with one attached hydrogen (secondary N) is 3. The van der Waals surface area contributed by atoms with Gasteiger partial charge < -0.3 is 10.6 Å². The summed E-state index contributed by atoms with van der Waals surface area (Å²) in [7, 11) is -3.95. The van der Waals surface area contributed by atoms with E-state index in [2.05, 4.69) is 25.3 Å². The Bertz CT molecular complexity index is 1480. The highest BCUT2D eigenvalue weighted by Crippen LogP contribution is 2.35. The average Bonchev–Trinajstić information content (AvgIpc) is 2.88. The fourth-order valence-corrected chi connectivity index (χ4v) is 5.44. The first kappa shape index (κ1) is 23.5. The lowest BCUT2D eigenvalue weighted by molar-refractivity contribution is 0.478. The van der Waals surface area contributed by atoms with E-state index in [1.807, 2.05) is 12.1 Å². The van der Waals surface area contributed by atoms with Crippen LogP contribution in [0.4, 0.5) is 16.0 Å². The van der Waals surface area contributed by atoms with Crippen molar-refractivity contribution in [2.45, 2.75) is 23.8 Å². The first-order valence-corrected chi connectivity index (χ1v) is 13.1. The molecule has 4 aromatic rings. The topological polar surface area (TPSA) is 96.0 Å². The molecule has 7 nitrogen and oxygen atoms in total. The summed E-state index contributed by atoms with van der Waals surface area (Å²) >= 11 is 6.34. The second-order valence-electron chi connectivity index (χ2n) is 8.36. The van der Waals surface area contributed by atoms with Crippen LogP contribution < -0.4 is 15.4 Å². The third kappa shape index (κ3) is 5.07. The number of fused-ring (bicyclic) bond motifs is 1. The van der Waals surface area contributed by atoms with Gasteiger partial charge in [0.15, 0.2) is 5.82 Å². The van der Waals surface area contributed by atoms with E-state index in [0.29, 0.717) is 23.1 Å². The second-order valence-corrected chi connectivity index (χ2v) is 10.4. The first-order valence-electron chi connectivity index (χ1n) is 11.2. The number of hydrogen-bond acceptors (Lipinski definition) is 6. The van der Waals surface area contributed by atoms with Crippen molar-refractivity contribution in [3.05, 3.63) is 77.7 Å². The Morgan fingerprint density at radius 3 is 2.69 bits per heavy atom. The molecular formula is C25H23ClFN5O2S. The van der Waals surface area contributed by atoms with Gasteiger partial charge in [0, 0.05) is 29.7 Å². The van der Waals surface area contributed by atoms with Gasteiger partial charge in [0.2, 0.25) is 5.95 Å². The maximum atomic E-state index is 15.1. The Hall–Kier alpha value is -3.27. The molecule has 35 heavy (non-hydrogen) atoms. The molecule has 0 radical (unpaired) electrons. The Balaban J connectivity index is 1.40. The van der Waals surface area contributed by atoms with E-state index < -0.39 is 15.8 Å². The molecule has 10 heteroatoms. The fourth-order valence-electron chi connectivity index (χ4n) is 4.08. The van der Waals surface area contributed by atoms with Crippen LogP contribution in [-0.2, 0) is 10.0 Å². The standard InChI is InChI=1S/C25H23ClFN5O2S/c26-23-20(9-11-22(24(23)27)32-35(33,34)19-6-2-1-3-7-19)16-8-10-21-17(13-16)14-29-25(31-21)30-18-5-4-12-28-15-18/h1-3,6-11,13-14,18,28,32H,4-5,12,15H2,(H,29,30,31)/t18-/m0/s1. The van der Waals surface area contributed by atoms with E-state index in [0.717, 1.165) is 36.8 Å². The van der Waals surface area contributed by atoms with Crippen molar-refractivity contribution in [3.63, 3.8) is 0 Å². The number of rotatable bonds is 6. The molecule has 5 rings (SSSR count). The normalized spacial score (nSPS) is 16.2. The van der Waals surface area contributed by atoms with Crippen LogP contribution in [0.25, 0.3) is 22.0 Å². The summed E-state index contributed by atoms with van der Waals surface area (Å²) in [6, 6.07) is 16.5. The number of hydrogen-bond donors (Lipinski definition) is 3. The molecular weight excluding hydrogens is 489 g/mol. The van der Waals surface area contributed by atoms with Crippen LogP contribution in [0.1, 0.15) is 12.8 Å². The second kappa shape index (κ2) is 9.77. The van der Waals surface area contributed by atoms with Gasteiger partial charge >= 0.3 is 0 Å². The van der Waals surface area contributed by atoms with Gasteiger partial charge in [-0.3, -0.25) is 4.72 Å². The zero-order valence-corrected chi connectivity index (χ0v) is 20.2. The molecule has 1 aromatic heterocycles. The highest BCUT2D eigenvalue weighted by atomic mass is 35.5. The van der Waals surface area contributed by atoms with Crippen LogP contribution in [0.3, 0.4) is 0 Å². The summed E-state index contributed by atoms with van der Waals surface area (Å²) in [6.07, 6.45) is 3.89. The molecule has 0 spiro atoms. The number of halogens is 2. The van der Waals surface area contributed by atoms with Crippen LogP contribution in [0.2, 0.25) is 5.02 Å². The summed E-state index contributed by atoms with van der Waals surface area (Å²) in [4.78, 5) is 9.05. The molecule has 3 aromatic carbocycles. The molecule has 180 valence electrons. The van der Waals surface area contributed by atoms with Crippen molar-refractivity contribution >= 4 is 44.2 Å². The Kier molecular flexibility index (Phi) is 6.55. The number of piperidine rings is 1. The number of benzene rings is 3. The minimum atomic E-state index is -3.95. The van der Waals surface area contributed by atoms with E-state index in [9.17, 15) is 8.42 Å². The molecule has 0 unspecified atom stereocenters. The molecule has 2 heterocycles. The van der Waals surface area contributed by atoms with Gasteiger partial charge in [0.25, 0.3) is 10.0 Å². The predicted molar refractivity (Wildman–Crippen MR) is 137 cm³/mol. The van der Waals surface area contributed by atoms with E-state index in [1.54, 1.807) is 36.5 Å².